The van der Waals surface area contributed by atoms with Gasteiger partial charge in [-0.1, -0.05) is 0 Å². The van der Waals surface area contributed by atoms with E-state index in [0.717, 1.165) is 0 Å². The van der Waals surface area contributed by atoms with E-state index in [1.54, 1.807) is 6.92 Å². The highest BCUT2D eigenvalue weighted by Crippen LogP contribution is 2.07. The number of carbonyl (C=O) groups excluding carboxylic acids is 1. The quantitative estimate of drug-likeness (QED) is 0.560. The van der Waals surface area contributed by atoms with E-state index in [0.29, 0.717) is 6.61 Å². The molecule has 0 fully saturated rings. The highest BCUT2D eigenvalue weighted by atomic mass is 32.2. The second-order valence-corrected chi connectivity index (χ2v) is 2.89. The first kappa shape index (κ1) is 8.13. The molecular weight excluding hydrogens is 166 g/mol. The minimum atomic E-state index is -1.23. The number of rotatable bonds is 2. The van der Waals surface area contributed by atoms with Crippen molar-refractivity contribution < 1.29 is 13.7 Å². The van der Waals surface area contributed by atoms with Gasteiger partial charge in [0.1, 0.15) is 0 Å². The molecule has 1 atom stereocenters. The van der Waals surface area contributed by atoms with Crippen LogP contribution in [0.2, 0.25) is 0 Å². The van der Waals surface area contributed by atoms with Gasteiger partial charge in [-0.3, -0.25) is 0 Å². The summed E-state index contributed by atoms with van der Waals surface area (Å²) in [5.74, 6) is -0.519. The molecule has 1 aliphatic rings. The van der Waals surface area contributed by atoms with Gasteiger partial charge in [0.15, 0.2) is 5.70 Å². The monoisotopic (exact) mass is 173 g/mol. The third kappa shape index (κ3) is 1.98. The fourth-order valence-electron chi connectivity index (χ4n) is 0.585. The summed E-state index contributed by atoms with van der Waals surface area (Å²) in [5, 5.41) is 1.26. The van der Waals surface area contributed by atoms with E-state index >= 15 is 0 Å². The Morgan fingerprint density at radius 2 is 2.55 bits per heavy atom. The number of carbonyl (C=O) groups is 1. The summed E-state index contributed by atoms with van der Waals surface area (Å²) in [7, 11) is -1.23. The highest BCUT2D eigenvalue weighted by Gasteiger charge is 2.14. The Kier molecular flexibility index (Phi) is 2.53. The minimum absolute atomic E-state index is 0.130. The van der Waals surface area contributed by atoms with Gasteiger partial charge in [0.2, 0.25) is 0 Å². The van der Waals surface area contributed by atoms with Gasteiger partial charge in [-0.15, -0.1) is 0 Å². The van der Waals surface area contributed by atoms with E-state index in [-0.39, 0.29) is 5.70 Å². The van der Waals surface area contributed by atoms with Crippen LogP contribution in [0.5, 0.6) is 0 Å². The number of hydrogen-bond acceptors (Lipinski definition) is 4. The molecule has 0 amide bonds. The van der Waals surface area contributed by atoms with Crippen LogP contribution in [-0.2, 0) is 20.3 Å². The lowest BCUT2D eigenvalue weighted by molar-refractivity contribution is -0.138. The van der Waals surface area contributed by atoms with Crippen LogP contribution in [0.3, 0.4) is 0 Å². The number of ether oxygens (including phenoxy) is 1. The summed E-state index contributed by atoms with van der Waals surface area (Å²) in [6.45, 7) is 2.01. The molecule has 0 bridgehead atoms. The summed E-state index contributed by atoms with van der Waals surface area (Å²) < 4.78 is 15.3. The molecule has 0 saturated carbocycles. The van der Waals surface area contributed by atoms with Gasteiger partial charge in [-0.05, 0) is 6.92 Å². The summed E-state index contributed by atoms with van der Waals surface area (Å²) in [4.78, 5) is 14.4. The smallest absolute Gasteiger partial charge is 0.357 e. The molecule has 1 aliphatic heterocycles. The first-order valence-corrected chi connectivity index (χ1v) is 4.34. The van der Waals surface area contributed by atoms with Crippen LogP contribution in [0.25, 0.3) is 0 Å². The van der Waals surface area contributed by atoms with Crippen molar-refractivity contribution in [2.24, 2.45) is 4.99 Å². The molecule has 4 nitrogen and oxygen atoms in total. The Balaban J connectivity index is 2.63. The van der Waals surface area contributed by atoms with E-state index in [4.69, 9.17) is 0 Å². The maximum absolute atomic E-state index is 10.9. The lowest BCUT2D eigenvalue weighted by Gasteiger charge is -1.96. The molecule has 1 rings (SSSR count). The molecule has 0 radical (unpaired) electrons. The molecular formula is C6H7NO3S. The van der Waals surface area contributed by atoms with Crippen molar-refractivity contribution in [2.75, 3.05) is 6.61 Å². The molecule has 0 saturated heterocycles. The third-order valence-corrected chi connectivity index (χ3v) is 1.78. The topological polar surface area (TPSA) is 55.7 Å². The number of aliphatic imine (C=N–C) groups is 1. The number of nitrogens with zero attached hydrogens (tertiary/aromatic N) is 1. The molecule has 0 aromatic carbocycles. The number of esters is 1. The van der Waals surface area contributed by atoms with Crippen molar-refractivity contribution in [1.82, 2.24) is 0 Å². The molecule has 1 heterocycles. The normalized spacial score (nSPS) is 21.5. The van der Waals surface area contributed by atoms with Crippen molar-refractivity contribution in [3.63, 3.8) is 0 Å². The van der Waals surface area contributed by atoms with Crippen LogP contribution < -0.4 is 0 Å². The average Bonchev–Trinajstić information content (AvgIpc) is 2.36. The van der Waals surface area contributed by atoms with Crippen LogP contribution in [0.1, 0.15) is 6.92 Å². The van der Waals surface area contributed by atoms with Crippen molar-refractivity contribution in [3.05, 3.63) is 11.1 Å². The molecule has 0 aliphatic carbocycles. The fourth-order valence-corrected chi connectivity index (χ4v) is 1.24. The Morgan fingerprint density at radius 3 is 3.00 bits per heavy atom. The maximum Gasteiger partial charge on any atom is 0.357 e. The summed E-state index contributed by atoms with van der Waals surface area (Å²) in [6, 6.07) is 0. The average molecular weight is 173 g/mol. The predicted molar refractivity (Wildman–Crippen MR) is 41.4 cm³/mol. The van der Waals surface area contributed by atoms with Crippen molar-refractivity contribution >= 4 is 22.3 Å². The lowest BCUT2D eigenvalue weighted by atomic mass is 10.5. The lowest BCUT2D eigenvalue weighted by Crippen LogP contribution is -2.04. The molecule has 11 heavy (non-hydrogen) atoms. The number of hydrogen-bond donors (Lipinski definition) is 0. The summed E-state index contributed by atoms with van der Waals surface area (Å²) in [6.07, 6.45) is 0. The van der Waals surface area contributed by atoms with Crippen LogP contribution in [-0.4, -0.2) is 22.3 Å². The molecule has 0 N–H and O–H groups in total. The molecule has 0 aromatic rings. The standard InChI is InChI=1S/C6H7NO3S/c1-2-10-6(8)5-3-11(9)4-7-5/h3-4H,2H2,1H3. The molecule has 0 aromatic heterocycles. The van der Waals surface area contributed by atoms with Crippen LogP contribution >= 0.6 is 0 Å². The zero-order valence-electron chi connectivity index (χ0n) is 5.94. The van der Waals surface area contributed by atoms with Crippen molar-refractivity contribution in [2.45, 2.75) is 6.92 Å². The van der Waals surface area contributed by atoms with E-state index in [1.807, 2.05) is 0 Å². The molecule has 5 heteroatoms. The van der Waals surface area contributed by atoms with Crippen molar-refractivity contribution in [3.8, 4) is 0 Å². The molecule has 60 valence electrons. The minimum Gasteiger partial charge on any atom is -0.461 e. The van der Waals surface area contributed by atoms with Crippen LogP contribution in [0.15, 0.2) is 16.1 Å². The first-order chi connectivity index (χ1) is 5.24. The van der Waals surface area contributed by atoms with Gasteiger partial charge in [-0.2, -0.15) is 0 Å². The Bertz CT molecular complexity index is 257. The second-order valence-electron chi connectivity index (χ2n) is 1.79. The SMILES string of the molecule is CCOC(=O)C1=CS(=O)C=N1. The van der Waals surface area contributed by atoms with Crippen LogP contribution in [0, 0.1) is 0 Å². The molecule has 0 spiro atoms. The Morgan fingerprint density at radius 1 is 1.82 bits per heavy atom. The van der Waals surface area contributed by atoms with E-state index in [1.165, 1.54) is 11.0 Å². The second kappa shape index (κ2) is 3.43. The van der Waals surface area contributed by atoms with E-state index in [9.17, 15) is 9.00 Å². The van der Waals surface area contributed by atoms with Gasteiger partial charge < -0.3 is 4.74 Å². The zero-order chi connectivity index (χ0) is 8.27. The van der Waals surface area contributed by atoms with E-state index in [2.05, 4.69) is 9.73 Å². The molecule has 1 unspecified atom stereocenters. The van der Waals surface area contributed by atoms with Gasteiger partial charge in [0.25, 0.3) is 0 Å². The summed E-state index contributed by atoms with van der Waals surface area (Å²) >= 11 is 0. The summed E-state index contributed by atoms with van der Waals surface area (Å²) in [5.41, 5.74) is 1.33. The maximum atomic E-state index is 10.9. The van der Waals surface area contributed by atoms with Gasteiger partial charge >= 0.3 is 5.97 Å². The van der Waals surface area contributed by atoms with Gasteiger partial charge in [0.05, 0.1) is 23.0 Å². The zero-order valence-corrected chi connectivity index (χ0v) is 6.76. The largest absolute Gasteiger partial charge is 0.461 e. The Labute approximate surface area is 66.4 Å². The fraction of sp³-hybridized carbons (Fsp3) is 0.333. The Hall–Kier alpha value is -0.970. The first-order valence-electron chi connectivity index (χ1n) is 3.06. The van der Waals surface area contributed by atoms with Gasteiger partial charge in [-0.25, -0.2) is 14.0 Å². The highest BCUT2D eigenvalue weighted by molar-refractivity contribution is 8.01. The predicted octanol–water partition coefficient (Wildman–Crippen LogP) is 0.181. The van der Waals surface area contributed by atoms with E-state index < -0.39 is 16.8 Å². The van der Waals surface area contributed by atoms with Crippen molar-refractivity contribution in [1.29, 1.82) is 0 Å². The third-order valence-electron chi connectivity index (χ3n) is 1.01. The van der Waals surface area contributed by atoms with Crippen LogP contribution in [0.4, 0.5) is 0 Å². The van der Waals surface area contributed by atoms with Gasteiger partial charge in [0, 0.05) is 5.41 Å².